The van der Waals surface area contributed by atoms with Crippen LogP contribution in [0.25, 0.3) is 11.3 Å². The molecule has 2 amide bonds. The first-order chi connectivity index (χ1) is 16.6. The summed E-state index contributed by atoms with van der Waals surface area (Å²) in [4.78, 5) is 34.6. The van der Waals surface area contributed by atoms with Gasteiger partial charge in [-0.3, -0.25) is 14.3 Å². The number of para-hydroxylation sites is 1. The van der Waals surface area contributed by atoms with Crippen LogP contribution in [0.4, 0.5) is 22.1 Å². The maximum absolute atomic E-state index is 13.3. The van der Waals surface area contributed by atoms with Crippen molar-refractivity contribution < 1.29 is 4.79 Å². The summed E-state index contributed by atoms with van der Waals surface area (Å²) in [5.74, 6) is 0.430. The third-order valence-corrected chi connectivity index (χ3v) is 5.28. The number of benzene rings is 2. The quantitative estimate of drug-likeness (QED) is 0.340. The Labute approximate surface area is 197 Å². The van der Waals surface area contributed by atoms with E-state index in [0.717, 1.165) is 12.8 Å². The van der Waals surface area contributed by atoms with E-state index in [1.807, 2.05) is 36.4 Å². The topological polar surface area (TPSA) is 101 Å². The highest BCUT2D eigenvalue weighted by molar-refractivity contribution is 6.01. The molecule has 4 aromatic rings. The van der Waals surface area contributed by atoms with Gasteiger partial charge in [-0.05, 0) is 42.7 Å². The van der Waals surface area contributed by atoms with Gasteiger partial charge >= 0.3 is 6.03 Å². The van der Waals surface area contributed by atoms with Gasteiger partial charge in [-0.15, -0.1) is 0 Å². The summed E-state index contributed by atoms with van der Waals surface area (Å²) in [6.07, 6.45) is 5.03. The highest BCUT2D eigenvalue weighted by Crippen LogP contribution is 2.24. The van der Waals surface area contributed by atoms with Crippen LogP contribution in [-0.2, 0) is 13.5 Å². The Balaban J connectivity index is 1.56. The van der Waals surface area contributed by atoms with E-state index >= 15 is 0 Å². The normalized spacial score (nSPS) is 10.5. The molecule has 34 heavy (non-hydrogen) atoms. The molecule has 0 saturated heterocycles. The first kappa shape index (κ1) is 22.7. The molecule has 0 aliphatic rings. The van der Waals surface area contributed by atoms with Crippen LogP contribution in [0.15, 0.2) is 90.0 Å². The van der Waals surface area contributed by atoms with Gasteiger partial charge in [0.25, 0.3) is 5.56 Å². The molecule has 0 aliphatic carbocycles. The minimum absolute atomic E-state index is 0.0944. The van der Waals surface area contributed by atoms with Gasteiger partial charge in [0.1, 0.15) is 11.4 Å². The summed E-state index contributed by atoms with van der Waals surface area (Å²) in [6.45, 7) is 0.645. The lowest BCUT2D eigenvalue weighted by Gasteiger charge is -2.16. The lowest BCUT2D eigenvalue weighted by atomic mass is 10.1. The average molecular weight is 455 g/mol. The maximum Gasteiger partial charge on any atom is 0.323 e. The van der Waals surface area contributed by atoms with Crippen LogP contribution in [0.1, 0.15) is 12.0 Å². The molecule has 2 aromatic heterocycles. The molecule has 2 heterocycles. The van der Waals surface area contributed by atoms with Gasteiger partial charge in [0.05, 0.1) is 0 Å². The van der Waals surface area contributed by atoms with Gasteiger partial charge in [-0.25, -0.2) is 9.78 Å². The molecular weight excluding hydrogens is 428 g/mol. The lowest BCUT2D eigenvalue weighted by molar-refractivity contribution is 0.262. The van der Waals surface area contributed by atoms with Crippen LogP contribution in [0.5, 0.6) is 0 Å². The van der Waals surface area contributed by atoms with E-state index in [9.17, 15) is 9.59 Å². The minimum atomic E-state index is -0.524. The number of anilines is 3. The summed E-state index contributed by atoms with van der Waals surface area (Å²) >= 11 is 0. The van der Waals surface area contributed by atoms with Crippen molar-refractivity contribution in [2.45, 2.75) is 12.8 Å². The Bertz CT molecular complexity index is 1290. The van der Waals surface area contributed by atoms with E-state index in [0.29, 0.717) is 29.4 Å². The number of pyridine rings is 1. The first-order valence-corrected chi connectivity index (χ1v) is 11.0. The molecule has 4 rings (SSSR count). The van der Waals surface area contributed by atoms with Crippen LogP contribution in [0.3, 0.4) is 0 Å². The maximum atomic E-state index is 13.3. The van der Waals surface area contributed by atoms with Crippen molar-refractivity contribution in [3.05, 3.63) is 101 Å². The van der Waals surface area contributed by atoms with Crippen molar-refractivity contribution >= 4 is 23.4 Å². The second-order valence-electron chi connectivity index (χ2n) is 7.72. The number of hydrogen-bond donors (Lipinski definition) is 3. The van der Waals surface area contributed by atoms with Crippen molar-refractivity contribution in [1.82, 2.24) is 14.5 Å². The van der Waals surface area contributed by atoms with E-state index in [4.69, 9.17) is 0 Å². The van der Waals surface area contributed by atoms with Crippen LogP contribution in [-0.4, -0.2) is 27.1 Å². The summed E-state index contributed by atoms with van der Waals surface area (Å²) in [6, 6.07) is 22.2. The van der Waals surface area contributed by atoms with Crippen molar-refractivity contribution in [2.24, 2.45) is 7.05 Å². The number of amides is 2. The molecule has 0 saturated carbocycles. The average Bonchev–Trinajstić information content (AvgIpc) is 2.87. The van der Waals surface area contributed by atoms with Gasteiger partial charge in [0, 0.05) is 37.2 Å². The zero-order chi connectivity index (χ0) is 23.8. The summed E-state index contributed by atoms with van der Waals surface area (Å²) in [5.41, 5.74) is 2.65. The summed E-state index contributed by atoms with van der Waals surface area (Å²) < 4.78 is 1.41. The first-order valence-electron chi connectivity index (χ1n) is 11.0. The smallest absolute Gasteiger partial charge is 0.323 e. The number of carbonyl (C=O) groups is 1. The van der Waals surface area contributed by atoms with Crippen LogP contribution >= 0.6 is 0 Å². The number of nitrogens with one attached hydrogen (secondary N) is 3. The molecular formula is C26H26N6O2. The largest absolute Gasteiger partial charge is 0.356 e. The number of hydrogen-bond acceptors (Lipinski definition) is 5. The predicted molar refractivity (Wildman–Crippen MR) is 135 cm³/mol. The van der Waals surface area contributed by atoms with Gasteiger partial charge in [0.15, 0.2) is 0 Å². The Morgan fingerprint density at radius 2 is 1.59 bits per heavy atom. The van der Waals surface area contributed by atoms with Gasteiger partial charge in [0.2, 0.25) is 5.95 Å². The molecule has 0 fully saturated rings. The highest BCUT2D eigenvalue weighted by Gasteiger charge is 2.18. The highest BCUT2D eigenvalue weighted by atomic mass is 16.2. The lowest BCUT2D eigenvalue weighted by Crippen LogP contribution is -2.30. The molecule has 8 heteroatoms. The predicted octanol–water partition coefficient (Wildman–Crippen LogP) is 4.53. The fourth-order valence-electron chi connectivity index (χ4n) is 3.53. The van der Waals surface area contributed by atoms with Crippen LogP contribution < -0.4 is 21.5 Å². The molecule has 0 bridgehead atoms. The SMILES string of the molecule is Cn1c(NCCCc2ccccc2)nc(-c2ccncc2)c(NC(=O)Nc2ccccc2)c1=O. The molecule has 8 nitrogen and oxygen atoms in total. The van der Waals surface area contributed by atoms with Gasteiger partial charge < -0.3 is 16.0 Å². The third-order valence-electron chi connectivity index (χ3n) is 5.28. The van der Waals surface area contributed by atoms with E-state index in [1.54, 1.807) is 43.7 Å². The second kappa shape index (κ2) is 10.9. The fourth-order valence-corrected chi connectivity index (χ4v) is 3.53. The third kappa shape index (κ3) is 5.66. The monoisotopic (exact) mass is 454 g/mol. The molecule has 0 aliphatic heterocycles. The number of aromatic nitrogens is 3. The van der Waals surface area contributed by atoms with Crippen LogP contribution in [0, 0.1) is 0 Å². The van der Waals surface area contributed by atoms with Crippen molar-refractivity contribution in [3.63, 3.8) is 0 Å². The Kier molecular flexibility index (Phi) is 7.29. The number of nitrogens with zero attached hydrogens (tertiary/aromatic N) is 3. The van der Waals surface area contributed by atoms with Gasteiger partial charge in [-0.2, -0.15) is 0 Å². The molecule has 3 N–H and O–H groups in total. The van der Waals surface area contributed by atoms with E-state index in [2.05, 4.69) is 38.1 Å². The van der Waals surface area contributed by atoms with E-state index in [-0.39, 0.29) is 11.2 Å². The molecule has 0 spiro atoms. The van der Waals surface area contributed by atoms with E-state index in [1.165, 1.54) is 10.1 Å². The van der Waals surface area contributed by atoms with E-state index < -0.39 is 6.03 Å². The molecule has 2 aromatic carbocycles. The summed E-state index contributed by atoms with van der Waals surface area (Å²) in [7, 11) is 1.63. The standard InChI is InChI=1S/C26H26N6O2/c1-32-24(33)23(31-26(34)29-21-12-6-3-7-13-21)22(20-14-17-27-18-15-20)30-25(32)28-16-8-11-19-9-4-2-5-10-19/h2-7,9-10,12-15,17-18H,8,11,16H2,1H3,(H,28,30)(H2,29,31,34). The Morgan fingerprint density at radius 3 is 2.29 bits per heavy atom. The summed E-state index contributed by atoms with van der Waals surface area (Å²) in [5, 5.41) is 8.68. The van der Waals surface area contributed by atoms with Crippen molar-refractivity contribution in [1.29, 1.82) is 0 Å². The van der Waals surface area contributed by atoms with Crippen molar-refractivity contribution in [3.8, 4) is 11.3 Å². The second-order valence-corrected chi connectivity index (χ2v) is 7.72. The van der Waals surface area contributed by atoms with Crippen molar-refractivity contribution in [2.75, 3.05) is 22.5 Å². The van der Waals surface area contributed by atoms with Gasteiger partial charge in [-0.1, -0.05) is 48.5 Å². The molecule has 0 radical (unpaired) electrons. The minimum Gasteiger partial charge on any atom is -0.356 e. The number of urea groups is 1. The number of aryl methyl sites for hydroxylation is 1. The fraction of sp³-hybridized carbons (Fsp3) is 0.154. The Hall–Kier alpha value is -4.46. The zero-order valence-corrected chi connectivity index (χ0v) is 18.9. The Morgan fingerprint density at radius 1 is 0.912 bits per heavy atom. The number of carbonyl (C=O) groups excluding carboxylic acids is 1. The molecule has 172 valence electrons. The zero-order valence-electron chi connectivity index (χ0n) is 18.9. The molecule has 0 atom stereocenters. The molecule has 0 unspecified atom stereocenters. The van der Waals surface area contributed by atoms with Crippen LogP contribution in [0.2, 0.25) is 0 Å². The number of rotatable bonds is 8.